The number of fused-ring (bicyclic) bond motifs is 1. The van der Waals surface area contributed by atoms with E-state index in [2.05, 4.69) is 10.2 Å². The molecule has 0 bridgehead atoms. The molecule has 2 aromatic carbocycles. The minimum Gasteiger partial charge on any atom is -0.492 e. The number of nitrogen functional groups attached to an aromatic ring is 1. The monoisotopic (exact) mass is 272 g/mol. The summed E-state index contributed by atoms with van der Waals surface area (Å²) in [5.41, 5.74) is 8.42. The predicted molar refractivity (Wildman–Crippen MR) is 74.4 cm³/mol. The van der Waals surface area contributed by atoms with Crippen molar-refractivity contribution >= 4 is 16.7 Å². The molecule has 0 saturated heterocycles. The average Bonchev–Trinajstić information content (AvgIpc) is 2.83. The molecule has 0 amide bonds. The third-order valence-electron chi connectivity index (χ3n) is 2.87. The van der Waals surface area contributed by atoms with Crippen LogP contribution in [0, 0.1) is 5.82 Å². The van der Waals surface area contributed by atoms with Gasteiger partial charge in [0.15, 0.2) is 0 Å². The van der Waals surface area contributed by atoms with Gasteiger partial charge in [-0.2, -0.15) is 4.80 Å². The fourth-order valence-corrected chi connectivity index (χ4v) is 1.93. The van der Waals surface area contributed by atoms with Gasteiger partial charge in [-0.3, -0.25) is 0 Å². The molecule has 0 aliphatic carbocycles. The van der Waals surface area contributed by atoms with E-state index in [9.17, 15) is 4.39 Å². The summed E-state index contributed by atoms with van der Waals surface area (Å²) < 4.78 is 18.3. The quantitative estimate of drug-likeness (QED) is 0.744. The molecule has 0 spiro atoms. The summed E-state index contributed by atoms with van der Waals surface area (Å²) in [6.07, 6.45) is 0. The number of halogens is 1. The van der Waals surface area contributed by atoms with E-state index in [0.29, 0.717) is 34.8 Å². The number of nitrogens with zero attached hydrogens (tertiary/aromatic N) is 3. The van der Waals surface area contributed by atoms with Crippen molar-refractivity contribution in [2.45, 2.75) is 6.92 Å². The lowest BCUT2D eigenvalue weighted by molar-refractivity contribution is 0.342. The topological polar surface area (TPSA) is 66.0 Å². The number of anilines is 1. The summed E-state index contributed by atoms with van der Waals surface area (Å²) in [5.74, 6) is 0.291. The molecule has 3 rings (SSSR count). The number of ether oxygens (including phenoxy) is 1. The summed E-state index contributed by atoms with van der Waals surface area (Å²) in [6, 6.07) is 9.42. The molecule has 0 saturated carbocycles. The second kappa shape index (κ2) is 4.80. The largest absolute Gasteiger partial charge is 0.492 e. The van der Waals surface area contributed by atoms with Crippen LogP contribution in [0.25, 0.3) is 16.7 Å². The molecular weight excluding hydrogens is 259 g/mol. The highest BCUT2D eigenvalue weighted by molar-refractivity contribution is 5.81. The molecule has 2 N–H and O–H groups in total. The number of nitrogens with two attached hydrogens (primary N) is 1. The third-order valence-corrected chi connectivity index (χ3v) is 2.87. The molecule has 0 radical (unpaired) electrons. The van der Waals surface area contributed by atoms with Crippen molar-refractivity contribution < 1.29 is 9.13 Å². The smallest absolute Gasteiger partial charge is 0.144 e. The Morgan fingerprint density at radius 1 is 1.15 bits per heavy atom. The van der Waals surface area contributed by atoms with Crippen LogP contribution >= 0.6 is 0 Å². The summed E-state index contributed by atoms with van der Waals surface area (Å²) in [4.78, 5) is 1.44. The van der Waals surface area contributed by atoms with Crippen LogP contribution in [-0.2, 0) is 0 Å². The maximum Gasteiger partial charge on any atom is 0.144 e. The van der Waals surface area contributed by atoms with Gasteiger partial charge in [-0.05, 0) is 37.3 Å². The van der Waals surface area contributed by atoms with Crippen LogP contribution in [0.1, 0.15) is 6.92 Å². The van der Waals surface area contributed by atoms with Gasteiger partial charge < -0.3 is 10.5 Å². The Morgan fingerprint density at radius 3 is 2.45 bits per heavy atom. The van der Waals surface area contributed by atoms with E-state index < -0.39 is 0 Å². The Morgan fingerprint density at radius 2 is 1.80 bits per heavy atom. The lowest BCUT2D eigenvalue weighted by Crippen LogP contribution is -1.97. The van der Waals surface area contributed by atoms with Crippen molar-refractivity contribution in [2.75, 3.05) is 12.3 Å². The van der Waals surface area contributed by atoms with Crippen LogP contribution in [0.15, 0.2) is 36.4 Å². The first-order valence-electron chi connectivity index (χ1n) is 6.22. The molecular formula is C14H13FN4O. The zero-order valence-corrected chi connectivity index (χ0v) is 10.9. The molecule has 102 valence electrons. The van der Waals surface area contributed by atoms with Crippen LogP contribution in [0.5, 0.6) is 5.75 Å². The van der Waals surface area contributed by atoms with E-state index in [1.807, 2.05) is 6.92 Å². The Balaban J connectivity index is 2.08. The van der Waals surface area contributed by atoms with E-state index >= 15 is 0 Å². The summed E-state index contributed by atoms with van der Waals surface area (Å²) in [5, 5.41) is 8.67. The van der Waals surface area contributed by atoms with Gasteiger partial charge >= 0.3 is 0 Å². The van der Waals surface area contributed by atoms with Gasteiger partial charge in [0.1, 0.15) is 22.6 Å². The standard InChI is InChI=1S/C14H13FN4O/c1-2-20-14-8-13-12(7-11(14)16)17-19(18-13)10-5-3-9(15)4-6-10/h3-8H,2,16H2,1H3. The van der Waals surface area contributed by atoms with E-state index in [0.717, 1.165) is 0 Å². The Hall–Kier alpha value is -2.63. The van der Waals surface area contributed by atoms with Crippen LogP contribution in [-0.4, -0.2) is 21.6 Å². The summed E-state index contributed by atoms with van der Waals surface area (Å²) >= 11 is 0. The normalized spacial score (nSPS) is 10.9. The zero-order chi connectivity index (χ0) is 14.1. The van der Waals surface area contributed by atoms with Gasteiger partial charge in [0.05, 0.1) is 18.0 Å². The fourth-order valence-electron chi connectivity index (χ4n) is 1.93. The predicted octanol–water partition coefficient (Wildman–Crippen LogP) is 2.54. The lowest BCUT2D eigenvalue weighted by atomic mass is 10.2. The highest BCUT2D eigenvalue weighted by Gasteiger charge is 2.09. The minimum atomic E-state index is -0.298. The zero-order valence-electron chi connectivity index (χ0n) is 10.9. The van der Waals surface area contributed by atoms with Crippen molar-refractivity contribution in [1.29, 1.82) is 0 Å². The highest BCUT2D eigenvalue weighted by atomic mass is 19.1. The Kier molecular flexibility index (Phi) is 2.98. The maximum atomic E-state index is 12.9. The molecule has 0 unspecified atom stereocenters. The first-order chi connectivity index (χ1) is 9.67. The SMILES string of the molecule is CCOc1cc2nn(-c3ccc(F)cc3)nc2cc1N. The second-order valence-corrected chi connectivity index (χ2v) is 4.28. The van der Waals surface area contributed by atoms with Crippen molar-refractivity contribution in [3.63, 3.8) is 0 Å². The number of benzene rings is 2. The van der Waals surface area contributed by atoms with E-state index in [1.165, 1.54) is 16.9 Å². The van der Waals surface area contributed by atoms with Crippen LogP contribution in [0.2, 0.25) is 0 Å². The van der Waals surface area contributed by atoms with E-state index in [-0.39, 0.29) is 5.82 Å². The van der Waals surface area contributed by atoms with Gasteiger partial charge in [-0.25, -0.2) is 4.39 Å². The highest BCUT2D eigenvalue weighted by Crippen LogP contribution is 2.26. The van der Waals surface area contributed by atoms with Crippen molar-refractivity contribution in [1.82, 2.24) is 15.0 Å². The number of aromatic nitrogens is 3. The molecule has 0 aliphatic rings. The molecule has 20 heavy (non-hydrogen) atoms. The number of rotatable bonds is 3. The molecule has 6 heteroatoms. The molecule has 0 aliphatic heterocycles. The van der Waals surface area contributed by atoms with Crippen LogP contribution in [0.4, 0.5) is 10.1 Å². The first kappa shape index (κ1) is 12.4. The lowest BCUT2D eigenvalue weighted by Gasteiger charge is -2.04. The van der Waals surface area contributed by atoms with Crippen molar-refractivity contribution in [2.24, 2.45) is 0 Å². The third kappa shape index (κ3) is 2.16. The van der Waals surface area contributed by atoms with Gasteiger partial charge in [0.25, 0.3) is 0 Å². The molecule has 0 atom stereocenters. The second-order valence-electron chi connectivity index (χ2n) is 4.28. The van der Waals surface area contributed by atoms with Gasteiger partial charge in [0, 0.05) is 6.07 Å². The summed E-state index contributed by atoms with van der Waals surface area (Å²) in [7, 11) is 0. The molecule has 1 aromatic heterocycles. The van der Waals surface area contributed by atoms with Crippen molar-refractivity contribution in [3.8, 4) is 11.4 Å². The molecule has 3 aromatic rings. The van der Waals surface area contributed by atoms with Gasteiger partial charge in [-0.15, -0.1) is 10.2 Å². The van der Waals surface area contributed by atoms with E-state index in [4.69, 9.17) is 10.5 Å². The summed E-state index contributed by atoms with van der Waals surface area (Å²) in [6.45, 7) is 2.42. The van der Waals surface area contributed by atoms with Gasteiger partial charge in [0.2, 0.25) is 0 Å². The number of hydrogen-bond acceptors (Lipinski definition) is 4. The number of hydrogen-bond donors (Lipinski definition) is 1. The van der Waals surface area contributed by atoms with Gasteiger partial charge in [-0.1, -0.05) is 0 Å². The maximum absolute atomic E-state index is 12.9. The van der Waals surface area contributed by atoms with Crippen molar-refractivity contribution in [3.05, 3.63) is 42.2 Å². The first-order valence-corrected chi connectivity index (χ1v) is 6.22. The average molecular weight is 272 g/mol. The Labute approximate surface area is 114 Å². The Bertz CT molecular complexity index is 752. The van der Waals surface area contributed by atoms with Crippen LogP contribution in [0.3, 0.4) is 0 Å². The fraction of sp³-hybridized carbons (Fsp3) is 0.143. The molecule has 5 nitrogen and oxygen atoms in total. The molecule has 1 heterocycles. The molecule has 0 fully saturated rings. The van der Waals surface area contributed by atoms with E-state index in [1.54, 1.807) is 24.3 Å². The van der Waals surface area contributed by atoms with Crippen LogP contribution < -0.4 is 10.5 Å². The minimum absolute atomic E-state index is 0.298.